The van der Waals surface area contributed by atoms with Crippen LogP contribution in [0.15, 0.2) is 18.2 Å². The Labute approximate surface area is 102 Å². The van der Waals surface area contributed by atoms with Gasteiger partial charge in [0.05, 0.1) is 5.52 Å². The van der Waals surface area contributed by atoms with Crippen molar-refractivity contribution in [2.24, 2.45) is 0 Å². The molecule has 1 N–H and O–H groups in total. The molecule has 0 radical (unpaired) electrons. The van der Waals surface area contributed by atoms with Gasteiger partial charge in [-0.3, -0.25) is 0 Å². The van der Waals surface area contributed by atoms with Gasteiger partial charge in [-0.15, -0.1) is 0 Å². The summed E-state index contributed by atoms with van der Waals surface area (Å²) in [5, 5.41) is 5.02. The summed E-state index contributed by atoms with van der Waals surface area (Å²) < 4.78 is 2.58. The summed E-state index contributed by atoms with van der Waals surface area (Å²) in [6.45, 7) is 1.18. The molecule has 0 bridgehead atoms. The highest BCUT2D eigenvalue weighted by atomic mass is 15.1. The molecular weight excluding hydrogens is 208 g/mol. The zero-order chi connectivity index (χ0) is 11.4. The van der Waals surface area contributed by atoms with Crippen molar-refractivity contribution in [1.82, 2.24) is 9.88 Å². The van der Waals surface area contributed by atoms with Crippen LogP contribution < -0.4 is 5.32 Å². The van der Waals surface area contributed by atoms with E-state index in [0.29, 0.717) is 6.04 Å². The second-order valence-electron chi connectivity index (χ2n) is 5.31. The van der Waals surface area contributed by atoms with Gasteiger partial charge in [0.1, 0.15) is 0 Å². The van der Waals surface area contributed by atoms with Crippen molar-refractivity contribution in [3.63, 3.8) is 0 Å². The lowest BCUT2D eigenvalue weighted by Crippen LogP contribution is -2.24. The first-order valence-electron chi connectivity index (χ1n) is 6.70. The molecule has 0 amide bonds. The fourth-order valence-electron chi connectivity index (χ4n) is 3.80. The first-order valence-corrected chi connectivity index (χ1v) is 6.70. The molecule has 0 saturated heterocycles. The van der Waals surface area contributed by atoms with Crippen molar-refractivity contribution >= 4 is 10.9 Å². The number of hydrogen-bond acceptors (Lipinski definition) is 1. The lowest BCUT2D eigenvalue weighted by atomic mass is 9.91. The molecule has 4 rings (SSSR count). The maximum atomic E-state index is 3.50. The van der Waals surface area contributed by atoms with E-state index in [-0.39, 0.29) is 0 Å². The second kappa shape index (κ2) is 3.36. The number of aromatic nitrogens is 1. The van der Waals surface area contributed by atoms with E-state index in [4.69, 9.17) is 0 Å². The molecule has 1 atom stereocenters. The molecule has 88 valence electrons. The summed E-state index contributed by atoms with van der Waals surface area (Å²) >= 11 is 0. The van der Waals surface area contributed by atoms with E-state index in [1.54, 1.807) is 16.8 Å². The van der Waals surface area contributed by atoms with Crippen LogP contribution in [0, 0.1) is 0 Å². The average molecular weight is 226 g/mol. The predicted molar refractivity (Wildman–Crippen MR) is 70.4 cm³/mol. The molecule has 17 heavy (non-hydrogen) atoms. The number of aryl methyl sites for hydroxylation is 3. The van der Waals surface area contributed by atoms with Crippen molar-refractivity contribution in [2.75, 3.05) is 7.05 Å². The lowest BCUT2D eigenvalue weighted by molar-refractivity contribution is 0.466. The third-order valence-electron chi connectivity index (χ3n) is 4.52. The SMILES string of the molecule is CNC1CCCc2c1n1c3c(cccc23)CC1. The van der Waals surface area contributed by atoms with Gasteiger partial charge in [-0.05, 0) is 43.9 Å². The summed E-state index contributed by atoms with van der Waals surface area (Å²) in [5.74, 6) is 0. The Balaban J connectivity index is 2.10. The van der Waals surface area contributed by atoms with Crippen LogP contribution in [0.4, 0.5) is 0 Å². The highest BCUT2D eigenvalue weighted by Gasteiger charge is 2.29. The number of nitrogens with zero attached hydrogens (tertiary/aromatic N) is 1. The Bertz CT molecular complexity index is 594. The van der Waals surface area contributed by atoms with Crippen molar-refractivity contribution in [1.29, 1.82) is 0 Å². The number of hydrogen-bond donors (Lipinski definition) is 1. The van der Waals surface area contributed by atoms with Crippen LogP contribution in [-0.2, 0) is 19.4 Å². The number of benzene rings is 1. The molecule has 1 aromatic heterocycles. The van der Waals surface area contributed by atoms with Crippen LogP contribution in [0.5, 0.6) is 0 Å². The quantitative estimate of drug-likeness (QED) is 0.791. The first-order chi connectivity index (χ1) is 8.40. The van der Waals surface area contributed by atoms with Gasteiger partial charge in [-0.1, -0.05) is 18.2 Å². The fourth-order valence-corrected chi connectivity index (χ4v) is 3.80. The molecule has 2 aliphatic rings. The van der Waals surface area contributed by atoms with Gasteiger partial charge in [0, 0.05) is 23.7 Å². The molecule has 1 aromatic carbocycles. The molecule has 0 saturated carbocycles. The fraction of sp³-hybridized carbons (Fsp3) is 0.467. The molecule has 1 aliphatic heterocycles. The summed E-state index contributed by atoms with van der Waals surface area (Å²) in [6, 6.07) is 7.41. The Hall–Kier alpha value is -1.28. The molecule has 0 fully saturated rings. The van der Waals surface area contributed by atoms with Crippen LogP contribution >= 0.6 is 0 Å². The molecule has 2 aromatic rings. The van der Waals surface area contributed by atoms with Crippen LogP contribution in [0.3, 0.4) is 0 Å². The normalized spacial score (nSPS) is 22.1. The largest absolute Gasteiger partial charge is 0.342 e. The number of rotatable bonds is 1. The van der Waals surface area contributed by atoms with Gasteiger partial charge in [-0.25, -0.2) is 0 Å². The van der Waals surface area contributed by atoms with E-state index in [2.05, 4.69) is 35.1 Å². The lowest BCUT2D eigenvalue weighted by Gasteiger charge is -2.24. The maximum absolute atomic E-state index is 3.50. The number of fused-ring (bicyclic) bond motifs is 3. The summed E-state index contributed by atoms with van der Waals surface area (Å²) in [6.07, 6.45) is 5.09. The van der Waals surface area contributed by atoms with E-state index in [1.807, 2.05) is 0 Å². The van der Waals surface area contributed by atoms with Crippen LogP contribution in [0.1, 0.15) is 35.7 Å². The maximum Gasteiger partial charge on any atom is 0.0519 e. The molecule has 2 heterocycles. The minimum Gasteiger partial charge on any atom is -0.342 e. The van der Waals surface area contributed by atoms with Crippen molar-refractivity contribution < 1.29 is 0 Å². The van der Waals surface area contributed by atoms with Gasteiger partial charge >= 0.3 is 0 Å². The molecule has 0 spiro atoms. The highest BCUT2D eigenvalue weighted by molar-refractivity contribution is 5.89. The zero-order valence-corrected chi connectivity index (χ0v) is 10.3. The van der Waals surface area contributed by atoms with Crippen LogP contribution in [0.2, 0.25) is 0 Å². The standard InChI is InChI=1S/C15H18N2/c1-16-13-7-3-6-12-11-5-2-4-10-8-9-17(14(10)11)15(12)13/h2,4-5,13,16H,3,6-9H2,1H3. The Morgan fingerprint density at radius 3 is 3.12 bits per heavy atom. The molecule has 2 nitrogen and oxygen atoms in total. The molecule has 2 heteroatoms. The first kappa shape index (κ1) is 9.72. The van der Waals surface area contributed by atoms with Crippen molar-refractivity contribution in [2.45, 2.75) is 38.3 Å². The van der Waals surface area contributed by atoms with E-state index >= 15 is 0 Å². The van der Waals surface area contributed by atoms with E-state index in [9.17, 15) is 0 Å². The number of nitrogens with one attached hydrogen (secondary N) is 1. The van der Waals surface area contributed by atoms with Crippen molar-refractivity contribution in [3.05, 3.63) is 35.0 Å². The van der Waals surface area contributed by atoms with Gasteiger partial charge in [0.15, 0.2) is 0 Å². The minimum atomic E-state index is 0.567. The molecule has 1 aliphatic carbocycles. The second-order valence-corrected chi connectivity index (χ2v) is 5.31. The Kier molecular flexibility index (Phi) is 1.92. The number of para-hydroxylation sites is 1. The van der Waals surface area contributed by atoms with Gasteiger partial charge in [0.25, 0.3) is 0 Å². The van der Waals surface area contributed by atoms with Gasteiger partial charge < -0.3 is 9.88 Å². The van der Waals surface area contributed by atoms with E-state index in [0.717, 1.165) is 0 Å². The van der Waals surface area contributed by atoms with Crippen molar-refractivity contribution in [3.8, 4) is 0 Å². The van der Waals surface area contributed by atoms with Crippen LogP contribution in [0.25, 0.3) is 10.9 Å². The third-order valence-corrected chi connectivity index (χ3v) is 4.52. The smallest absolute Gasteiger partial charge is 0.0519 e. The summed E-state index contributed by atoms with van der Waals surface area (Å²) in [5.41, 5.74) is 6.28. The topological polar surface area (TPSA) is 17.0 Å². The summed E-state index contributed by atoms with van der Waals surface area (Å²) in [4.78, 5) is 0. The summed E-state index contributed by atoms with van der Waals surface area (Å²) in [7, 11) is 2.10. The zero-order valence-electron chi connectivity index (χ0n) is 10.3. The average Bonchev–Trinajstić information content (AvgIpc) is 2.94. The van der Waals surface area contributed by atoms with E-state index in [1.165, 1.54) is 43.1 Å². The van der Waals surface area contributed by atoms with Crippen LogP contribution in [-0.4, -0.2) is 11.6 Å². The predicted octanol–water partition coefficient (Wildman–Crippen LogP) is 2.79. The molecular formula is C15H18N2. The van der Waals surface area contributed by atoms with E-state index < -0.39 is 0 Å². The third kappa shape index (κ3) is 1.14. The Morgan fingerprint density at radius 2 is 2.24 bits per heavy atom. The Morgan fingerprint density at radius 1 is 1.29 bits per heavy atom. The molecule has 1 unspecified atom stereocenters. The minimum absolute atomic E-state index is 0.567. The monoisotopic (exact) mass is 226 g/mol. The van der Waals surface area contributed by atoms with Gasteiger partial charge in [-0.2, -0.15) is 0 Å². The highest BCUT2D eigenvalue weighted by Crippen LogP contribution is 2.40. The van der Waals surface area contributed by atoms with Gasteiger partial charge in [0.2, 0.25) is 0 Å².